The van der Waals surface area contributed by atoms with E-state index in [-0.39, 0.29) is 18.7 Å². The highest BCUT2D eigenvalue weighted by Gasteiger charge is 2.23. The summed E-state index contributed by atoms with van der Waals surface area (Å²) in [5.41, 5.74) is 4.22. The van der Waals surface area contributed by atoms with Crippen molar-refractivity contribution in [3.05, 3.63) is 69.5 Å². The highest BCUT2D eigenvalue weighted by molar-refractivity contribution is 8.02. The zero-order valence-electron chi connectivity index (χ0n) is 18.3. The Bertz CT molecular complexity index is 1170. The second-order valence-electron chi connectivity index (χ2n) is 8.04. The minimum Gasteiger partial charge on any atom is -0.487 e. The number of aromatic carboxylic acids is 1. The molecule has 5 nitrogen and oxygen atoms in total. The number of alkyl halides is 1. The van der Waals surface area contributed by atoms with Crippen molar-refractivity contribution < 1.29 is 23.4 Å². The zero-order chi connectivity index (χ0) is 23.5. The van der Waals surface area contributed by atoms with Gasteiger partial charge in [0.2, 0.25) is 0 Å². The van der Waals surface area contributed by atoms with Gasteiger partial charge >= 0.3 is 5.97 Å². The van der Waals surface area contributed by atoms with Crippen molar-refractivity contribution in [2.45, 2.75) is 50.2 Å². The number of thiazole rings is 1. The molecule has 0 saturated heterocycles. The molecular weight excluding hydrogens is 466 g/mol. The van der Waals surface area contributed by atoms with Gasteiger partial charge in [0.1, 0.15) is 24.3 Å². The molecule has 1 unspecified atom stereocenters. The number of aryl methyl sites for hydroxylation is 3. The van der Waals surface area contributed by atoms with Gasteiger partial charge in [0.15, 0.2) is 4.34 Å². The molecule has 1 aliphatic carbocycles. The number of nitrogens with zero attached hydrogens (tertiary/aromatic N) is 2. The van der Waals surface area contributed by atoms with Gasteiger partial charge in [-0.25, -0.2) is 18.6 Å². The predicted octanol–water partition coefficient (Wildman–Crippen LogP) is 6.23. The molecule has 3 aromatic rings. The molecule has 0 bridgehead atoms. The highest BCUT2D eigenvalue weighted by Crippen LogP contribution is 2.41. The van der Waals surface area contributed by atoms with Crippen LogP contribution in [0.5, 0.6) is 5.75 Å². The molecular formula is C24H24F2N2O3S2. The van der Waals surface area contributed by atoms with E-state index in [4.69, 9.17) is 9.84 Å². The molecule has 1 atom stereocenters. The summed E-state index contributed by atoms with van der Waals surface area (Å²) in [6.45, 7) is 3.64. The average molecular weight is 491 g/mol. The van der Waals surface area contributed by atoms with Gasteiger partial charge in [-0.05, 0) is 74.1 Å². The Kier molecular flexibility index (Phi) is 7.19. The lowest BCUT2D eigenvalue weighted by atomic mass is 10.1. The first kappa shape index (κ1) is 23.5. The molecule has 1 heterocycles. The molecule has 0 spiro atoms. The second-order valence-corrected chi connectivity index (χ2v) is 10.2. The van der Waals surface area contributed by atoms with E-state index >= 15 is 0 Å². The van der Waals surface area contributed by atoms with Crippen LogP contribution in [-0.4, -0.2) is 28.8 Å². The molecule has 2 aromatic carbocycles. The van der Waals surface area contributed by atoms with Crippen molar-refractivity contribution in [2.24, 2.45) is 0 Å². The second kappa shape index (κ2) is 10.1. The number of ether oxygens (including phenoxy) is 1. The first-order chi connectivity index (χ1) is 15.8. The fourth-order valence-corrected chi connectivity index (χ4v) is 5.77. The van der Waals surface area contributed by atoms with Crippen LogP contribution < -0.4 is 9.04 Å². The molecule has 33 heavy (non-hydrogen) atoms. The summed E-state index contributed by atoms with van der Waals surface area (Å²) in [6.07, 6.45) is 1.90. The lowest BCUT2D eigenvalue weighted by molar-refractivity contribution is 0.0691. The lowest BCUT2D eigenvalue weighted by Gasteiger charge is -2.26. The first-order valence-corrected chi connectivity index (χ1v) is 12.3. The van der Waals surface area contributed by atoms with E-state index in [9.17, 15) is 13.6 Å². The van der Waals surface area contributed by atoms with E-state index in [1.807, 2.05) is 22.7 Å². The number of anilines is 1. The summed E-state index contributed by atoms with van der Waals surface area (Å²) in [5.74, 6) is -1.54. The molecule has 1 aromatic heterocycles. The summed E-state index contributed by atoms with van der Waals surface area (Å²) in [5, 5.41) is 11.0. The maximum Gasteiger partial charge on any atom is 0.338 e. The molecule has 0 saturated carbocycles. The van der Waals surface area contributed by atoms with Gasteiger partial charge in [-0.15, -0.1) is 11.3 Å². The number of hydrogen-bond donors (Lipinski definition) is 1. The van der Waals surface area contributed by atoms with E-state index in [1.54, 1.807) is 0 Å². The number of hydrogen-bond acceptors (Lipinski definition) is 6. The maximum absolute atomic E-state index is 14.1. The number of carbonyl (C=O) groups is 1. The van der Waals surface area contributed by atoms with E-state index in [1.165, 1.54) is 59.5 Å². The summed E-state index contributed by atoms with van der Waals surface area (Å²) in [6, 6.07) is 7.99. The van der Waals surface area contributed by atoms with Crippen LogP contribution in [0.4, 0.5) is 14.5 Å². The summed E-state index contributed by atoms with van der Waals surface area (Å²) in [7, 11) is 0. The van der Waals surface area contributed by atoms with Gasteiger partial charge in [-0.3, -0.25) is 0 Å². The molecule has 174 valence electrons. The zero-order valence-corrected chi connectivity index (χ0v) is 19.9. The Morgan fingerprint density at radius 2 is 2.06 bits per heavy atom. The topological polar surface area (TPSA) is 62.7 Å². The molecule has 0 amide bonds. The van der Waals surface area contributed by atoms with Crippen molar-refractivity contribution in [3.8, 4) is 5.75 Å². The van der Waals surface area contributed by atoms with E-state index in [2.05, 4.69) is 11.1 Å². The number of fused-ring (bicyclic) bond motifs is 1. The summed E-state index contributed by atoms with van der Waals surface area (Å²) in [4.78, 5) is 15.6. The summed E-state index contributed by atoms with van der Waals surface area (Å²) < 4.78 is 37.0. The molecule has 1 N–H and O–H groups in total. The highest BCUT2D eigenvalue weighted by atomic mass is 32.2. The lowest BCUT2D eigenvalue weighted by Crippen LogP contribution is -2.23. The van der Waals surface area contributed by atoms with Crippen LogP contribution >= 0.6 is 23.3 Å². The monoisotopic (exact) mass is 490 g/mol. The van der Waals surface area contributed by atoms with Crippen LogP contribution in [0, 0.1) is 12.7 Å². The molecule has 1 aliphatic rings. The van der Waals surface area contributed by atoms with E-state index in [0.717, 1.165) is 35.0 Å². The van der Waals surface area contributed by atoms with Crippen LogP contribution in [-0.2, 0) is 19.4 Å². The van der Waals surface area contributed by atoms with Crippen molar-refractivity contribution in [3.63, 3.8) is 0 Å². The standard InChI is InChI=1S/C24H24F2N2O3S2/c1-14(25)11-28(33-24-27-15(2)13-32-24)21-9-17-4-3-5-18(17)10-22(21)31-12-16-6-7-19(23(29)30)20(26)8-16/h6-10,13-14H,3-5,11-12H2,1-2H3,(H,29,30). The maximum atomic E-state index is 14.1. The largest absolute Gasteiger partial charge is 0.487 e. The van der Waals surface area contributed by atoms with Gasteiger partial charge in [0, 0.05) is 23.0 Å². The Labute approximate surface area is 199 Å². The molecule has 4 rings (SSSR count). The third kappa shape index (κ3) is 5.65. The smallest absolute Gasteiger partial charge is 0.338 e. The Morgan fingerprint density at radius 3 is 2.70 bits per heavy atom. The van der Waals surface area contributed by atoms with Crippen LogP contribution in [0.2, 0.25) is 0 Å². The van der Waals surface area contributed by atoms with Gasteiger partial charge in [0.05, 0.1) is 17.8 Å². The normalized spacial score (nSPS) is 13.6. The van der Waals surface area contributed by atoms with Crippen molar-refractivity contribution in [1.29, 1.82) is 0 Å². The van der Waals surface area contributed by atoms with Gasteiger partial charge in [-0.1, -0.05) is 6.07 Å². The fourth-order valence-electron chi connectivity index (χ4n) is 3.76. The van der Waals surface area contributed by atoms with Gasteiger partial charge in [0.25, 0.3) is 0 Å². The van der Waals surface area contributed by atoms with Crippen molar-refractivity contribution in [1.82, 2.24) is 4.98 Å². The molecule has 0 fully saturated rings. The first-order valence-electron chi connectivity index (χ1n) is 10.6. The minimum absolute atomic E-state index is 0.0582. The summed E-state index contributed by atoms with van der Waals surface area (Å²) >= 11 is 2.88. The quantitative estimate of drug-likeness (QED) is 0.359. The molecule has 9 heteroatoms. The fraction of sp³-hybridized carbons (Fsp3) is 0.333. The number of halogens is 2. The number of aromatic nitrogens is 1. The van der Waals surface area contributed by atoms with Crippen LogP contribution in [0.3, 0.4) is 0 Å². The Morgan fingerprint density at radius 1 is 1.30 bits per heavy atom. The number of rotatable bonds is 9. The number of carboxylic acid groups (broad SMARTS) is 1. The molecule has 0 aliphatic heterocycles. The van der Waals surface area contributed by atoms with Gasteiger partial charge < -0.3 is 14.1 Å². The van der Waals surface area contributed by atoms with Crippen LogP contribution in [0.15, 0.2) is 40.1 Å². The Hall–Kier alpha value is -2.65. The van der Waals surface area contributed by atoms with Crippen LogP contribution in [0.1, 0.15) is 46.1 Å². The van der Waals surface area contributed by atoms with Gasteiger partial charge in [-0.2, -0.15) is 0 Å². The number of carboxylic acids is 1. The van der Waals surface area contributed by atoms with E-state index < -0.39 is 18.0 Å². The Balaban J connectivity index is 1.64. The van der Waals surface area contributed by atoms with E-state index in [0.29, 0.717) is 11.3 Å². The molecule has 0 radical (unpaired) electrons. The predicted molar refractivity (Wildman–Crippen MR) is 127 cm³/mol. The van der Waals surface area contributed by atoms with Crippen LogP contribution in [0.25, 0.3) is 0 Å². The third-order valence-electron chi connectivity index (χ3n) is 5.30. The number of benzene rings is 2. The van der Waals surface area contributed by atoms with Crippen molar-refractivity contribution in [2.75, 3.05) is 10.8 Å². The SMILES string of the molecule is Cc1csc(SN(CC(C)F)c2cc3c(cc2OCc2ccc(C(=O)O)c(F)c2)CCC3)n1. The minimum atomic E-state index is -1.31. The van der Waals surface area contributed by atoms with Crippen molar-refractivity contribution >= 4 is 34.9 Å². The third-order valence-corrected chi connectivity index (χ3v) is 7.38. The average Bonchev–Trinajstić information content (AvgIpc) is 3.38.